The minimum absolute atomic E-state index is 0. The molecule has 3 nitrogen and oxygen atoms in total. The maximum atomic E-state index is 11.9. The minimum Gasteiger partial charge on any atom is -0.349 e. The summed E-state index contributed by atoms with van der Waals surface area (Å²) >= 11 is 11.8. The molecule has 0 fully saturated rings. The summed E-state index contributed by atoms with van der Waals surface area (Å²) in [5.41, 5.74) is 0.939. The van der Waals surface area contributed by atoms with Gasteiger partial charge in [0.05, 0.1) is 16.1 Å². The second-order valence-electron chi connectivity index (χ2n) is 4.36. The molecule has 1 rings (SSSR count). The van der Waals surface area contributed by atoms with Gasteiger partial charge in [-0.1, -0.05) is 36.2 Å². The molecule has 108 valence electrons. The summed E-state index contributed by atoms with van der Waals surface area (Å²) in [6.45, 7) is 4.46. The predicted octanol–water partition coefficient (Wildman–Crippen LogP) is 3.45. The van der Waals surface area contributed by atoms with Crippen molar-refractivity contribution in [2.24, 2.45) is 5.92 Å². The second kappa shape index (κ2) is 8.64. The van der Waals surface area contributed by atoms with Crippen molar-refractivity contribution >= 4 is 41.5 Å². The van der Waals surface area contributed by atoms with Gasteiger partial charge in [0.25, 0.3) is 0 Å². The number of nitrogens with one attached hydrogen (secondary N) is 2. The van der Waals surface area contributed by atoms with Crippen LogP contribution in [0.1, 0.15) is 25.5 Å². The Balaban J connectivity index is 0.00000324. The number of hydrogen-bond donors (Lipinski definition) is 2. The van der Waals surface area contributed by atoms with Gasteiger partial charge in [0.15, 0.2) is 0 Å². The van der Waals surface area contributed by atoms with E-state index in [0.717, 1.165) is 5.56 Å². The Morgan fingerprint density at radius 2 is 1.89 bits per heavy atom. The highest BCUT2D eigenvalue weighted by Crippen LogP contribution is 2.25. The van der Waals surface area contributed by atoms with Crippen molar-refractivity contribution in [1.29, 1.82) is 0 Å². The molecule has 0 bridgehead atoms. The van der Waals surface area contributed by atoms with Crippen LogP contribution in [0.5, 0.6) is 0 Å². The molecule has 1 aromatic carbocycles. The van der Waals surface area contributed by atoms with Crippen LogP contribution in [0.15, 0.2) is 18.2 Å². The molecular formula is C13H19Cl3N2O. The summed E-state index contributed by atoms with van der Waals surface area (Å²) in [5, 5.41) is 6.94. The molecule has 0 aliphatic rings. The van der Waals surface area contributed by atoms with Crippen LogP contribution >= 0.6 is 35.6 Å². The Kier molecular flexibility index (Phi) is 8.42. The molecule has 1 amide bonds. The van der Waals surface area contributed by atoms with E-state index in [-0.39, 0.29) is 30.3 Å². The highest BCUT2D eigenvalue weighted by atomic mass is 35.5. The molecular weight excluding hydrogens is 307 g/mol. The molecule has 0 radical (unpaired) electrons. The Hall–Kier alpha value is -0.480. The van der Waals surface area contributed by atoms with Crippen molar-refractivity contribution in [3.05, 3.63) is 33.8 Å². The van der Waals surface area contributed by atoms with Crippen LogP contribution in [0.2, 0.25) is 10.0 Å². The van der Waals surface area contributed by atoms with Gasteiger partial charge in [0.2, 0.25) is 5.91 Å². The van der Waals surface area contributed by atoms with Gasteiger partial charge in [0, 0.05) is 12.5 Å². The average molecular weight is 326 g/mol. The molecule has 1 aromatic rings. The van der Waals surface area contributed by atoms with Gasteiger partial charge in [-0.25, -0.2) is 0 Å². The average Bonchev–Trinajstić information content (AvgIpc) is 2.32. The van der Waals surface area contributed by atoms with E-state index in [9.17, 15) is 4.79 Å². The molecule has 0 saturated heterocycles. The Labute approximate surface area is 130 Å². The van der Waals surface area contributed by atoms with Gasteiger partial charge < -0.3 is 10.6 Å². The van der Waals surface area contributed by atoms with E-state index >= 15 is 0 Å². The van der Waals surface area contributed by atoms with E-state index < -0.39 is 0 Å². The fourth-order valence-electron chi connectivity index (χ4n) is 1.62. The van der Waals surface area contributed by atoms with E-state index in [0.29, 0.717) is 16.6 Å². The van der Waals surface area contributed by atoms with E-state index in [1.54, 1.807) is 12.1 Å². The third-order valence-electron chi connectivity index (χ3n) is 2.76. The number of carbonyl (C=O) groups excluding carboxylic acids is 1. The van der Waals surface area contributed by atoms with Gasteiger partial charge >= 0.3 is 0 Å². The topological polar surface area (TPSA) is 41.1 Å². The van der Waals surface area contributed by atoms with Crippen LogP contribution in [0.3, 0.4) is 0 Å². The SMILES string of the molecule is CNCC(C)C(=O)NC(C)c1ccc(Cl)c(Cl)c1.Cl. The quantitative estimate of drug-likeness (QED) is 0.870. The summed E-state index contributed by atoms with van der Waals surface area (Å²) in [7, 11) is 1.83. The highest BCUT2D eigenvalue weighted by Gasteiger charge is 2.15. The normalized spacial score (nSPS) is 13.3. The smallest absolute Gasteiger partial charge is 0.224 e. The lowest BCUT2D eigenvalue weighted by molar-refractivity contribution is -0.125. The fourth-order valence-corrected chi connectivity index (χ4v) is 1.93. The molecule has 0 heterocycles. The van der Waals surface area contributed by atoms with Crippen molar-refractivity contribution in [1.82, 2.24) is 10.6 Å². The first-order chi connectivity index (χ1) is 8.45. The van der Waals surface area contributed by atoms with Crippen LogP contribution < -0.4 is 10.6 Å². The molecule has 0 aliphatic heterocycles. The fraction of sp³-hybridized carbons (Fsp3) is 0.462. The molecule has 19 heavy (non-hydrogen) atoms. The van der Waals surface area contributed by atoms with Crippen LogP contribution in [0, 0.1) is 5.92 Å². The van der Waals surface area contributed by atoms with Gasteiger partial charge in [-0.15, -0.1) is 12.4 Å². The van der Waals surface area contributed by atoms with Crippen LogP contribution in [0.25, 0.3) is 0 Å². The minimum atomic E-state index is -0.0911. The van der Waals surface area contributed by atoms with Gasteiger partial charge in [-0.05, 0) is 31.7 Å². The number of amides is 1. The first-order valence-corrected chi connectivity index (χ1v) is 6.61. The second-order valence-corrected chi connectivity index (χ2v) is 5.18. The summed E-state index contributed by atoms with van der Waals surface area (Å²) < 4.78 is 0. The van der Waals surface area contributed by atoms with E-state index in [1.807, 2.05) is 27.0 Å². The number of carbonyl (C=O) groups is 1. The molecule has 0 aliphatic carbocycles. The number of benzene rings is 1. The van der Waals surface area contributed by atoms with Crippen LogP contribution in [-0.2, 0) is 4.79 Å². The van der Waals surface area contributed by atoms with E-state index in [2.05, 4.69) is 10.6 Å². The van der Waals surface area contributed by atoms with Gasteiger partial charge in [0.1, 0.15) is 0 Å². The largest absolute Gasteiger partial charge is 0.349 e. The maximum absolute atomic E-state index is 11.9. The Morgan fingerprint density at radius 3 is 2.42 bits per heavy atom. The first kappa shape index (κ1) is 18.5. The molecule has 6 heteroatoms. The zero-order valence-corrected chi connectivity index (χ0v) is 13.5. The van der Waals surface area contributed by atoms with Crippen molar-refractivity contribution < 1.29 is 4.79 Å². The zero-order chi connectivity index (χ0) is 13.7. The van der Waals surface area contributed by atoms with Crippen molar-refractivity contribution in [2.45, 2.75) is 19.9 Å². The molecule has 0 spiro atoms. The first-order valence-electron chi connectivity index (χ1n) is 5.85. The van der Waals surface area contributed by atoms with Gasteiger partial charge in [-0.3, -0.25) is 4.79 Å². The number of halogens is 3. The predicted molar refractivity (Wildman–Crippen MR) is 83.4 cm³/mol. The van der Waals surface area contributed by atoms with E-state index in [1.165, 1.54) is 0 Å². The number of hydrogen-bond acceptors (Lipinski definition) is 2. The monoisotopic (exact) mass is 324 g/mol. The summed E-state index contributed by atoms with van der Waals surface area (Å²) in [5.74, 6) is -0.0526. The lowest BCUT2D eigenvalue weighted by Crippen LogP contribution is -2.35. The molecule has 0 aromatic heterocycles. The molecule has 2 unspecified atom stereocenters. The third-order valence-corrected chi connectivity index (χ3v) is 3.50. The van der Waals surface area contributed by atoms with E-state index in [4.69, 9.17) is 23.2 Å². The van der Waals surface area contributed by atoms with Crippen LogP contribution in [-0.4, -0.2) is 19.5 Å². The maximum Gasteiger partial charge on any atom is 0.224 e. The summed E-state index contributed by atoms with van der Waals surface area (Å²) in [6.07, 6.45) is 0. The lowest BCUT2D eigenvalue weighted by atomic mass is 10.1. The van der Waals surface area contributed by atoms with Crippen molar-refractivity contribution in [3.8, 4) is 0 Å². The summed E-state index contributed by atoms with van der Waals surface area (Å²) in [4.78, 5) is 11.9. The number of rotatable bonds is 5. The molecule has 0 saturated carbocycles. The van der Waals surface area contributed by atoms with Crippen molar-refractivity contribution in [2.75, 3.05) is 13.6 Å². The summed E-state index contributed by atoms with van der Waals surface area (Å²) in [6, 6.07) is 5.28. The van der Waals surface area contributed by atoms with Crippen molar-refractivity contribution in [3.63, 3.8) is 0 Å². The van der Waals surface area contributed by atoms with Crippen LogP contribution in [0.4, 0.5) is 0 Å². The van der Waals surface area contributed by atoms with Gasteiger partial charge in [-0.2, -0.15) is 0 Å². The Bertz CT molecular complexity index is 426. The zero-order valence-electron chi connectivity index (χ0n) is 11.2. The Morgan fingerprint density at radius 1 is 1.26 bits per heavy atom. The lowest BCUT2D eigenvalue weighted by Gasteiger charge is -2.18. The third kappa shape index (κ3) is 5.57. The molecule has 2 atom stereocenters. The standard InChI is InChI=1S/C13H18Cl2N2O.ClH/c1-8(7-16-3)13(18)17-9(2)10-4-5-11(14)12(15)6-10;/h4-6,8-9,16H,7H2,1-3H3,(H,17,18);1H. The highest BCUT2D eigenvalue weighted by molar-refractivity contribution is 6.42. The molecule has 2 N–H and O–H groups in total.